The fourth-order valence-electron chi connectivity index (χ4n) is 4.61. The second kappa shape index (κ2) is 10.1. The van der Waals surface area contributed by atoms with Gasteiger partial charge >= 0.3 is 0 Å². The summed E-state index contributed by atoms with van der Waals surface area (Å²) in [6, 6.07) is 23.7. The van der Waals surface area contributed by atoms with Crippen molar-refractivity contribution >= 4 is 17.6 Å². The minimum absolute atomic E-state index is 0.00260. The molecule has 0 spiro atoms. The van der Waals surface area contributed by atoms with Crippen LogP contribution in [0.3, 0.4) is 0 Å². The molecule has 3 heterocycles. The summed E-state index contributed by atoms with van der Waals surface area (Å²) in [5.74, 6) is 2.16. The lowest BCUT2D eigenvalue weighted by Crippen LogP contribution is -2.35. The summed E-state index contributed by atoms with van der Waals surface area (Å²) >= 11 is 0. The number of anilines is 3. The monoisotopic (exact) mass is 467 g/mol. The van der Waals surface area contributed by atoms with Crippen LogP contribution in [0.25, 0.3) is 11.1 Å². The predicted molar refractivity (Wildman–Crippen MR) is 139 cm³/mol. The first-order valence-corrected chi connectivity index (χ1v) is 12.0. The molecule has 0 fully saturated rings. The number of hydrogen-bond acceptors (Lipinski definition) is 6. The minimum Gasteiger partial charge on any atom is -0.392 e. The molecule has 1 atom stereocenters. The number of rotatable bonds is 7. The quantitative estimate of drug-likeness (QED) is 0.420. The number of aliphatic hydroxyl groups is 1. The summed E-state index contributed by atoms with van der Waals surface area (Å²) < 4.78 is 1.82. The van der Waals surface area contributed by atoms with Crippen molar-refractivity contribution in [2.45, 2.75) is 39.0 Å². The lowest BCUT2D eigenvalue weighted by molar-refractivity contribution is 0.281. The van der Waals surface area contributed by atoms with E-state index in [1.807, 2.05) is 59.2 Å². The van der Waals surface area contributed by atoms with Crippen molar-refractivity contribution < 1.29 is 5.11 Å². The molecule has 0 bridgehead atoms. The molecule has 0 saturated carbocycles. The first-order chi connectivity index (χ1) is 17.1. The van der Waals surface area contributed by atoms with Crippen LogP contribution in [0, 0.1) is 0 Å². The Bertz CT molecular complexity index is 1370. The van der Waals surface area contributed by atoms with Crippen molar-refractivity contribution in [3.8, 4) is 11.1 Å². The molecule has 2 N–H and O–H groups in total. The third-order valence-electron chi connectivity index (χ3n) is 6.26. The van der Waals surface area contributed by atoms with Crippen molar-refractivity contribution in [2.75, 3.05) is 16.8 Å². The van der Waals surface area contributed by atoms with E-state index in [2.05, 4.69) is 34.3 Å². The lowest BCUT2D eigenvalue weighted by atomic mass is 10.0. The summed E-state index contributed by atoms with van der Waals surface area (Å²) in [5, 5.41) is 12.8. The van der Waals surface area contributed by atoms with E-state index in [4.69, 9.17) is 4.98 Å². The number of benzene rings is 2. The highest BCUT2D eigenvalue weighted by atomic mass is 16.3. The van der Waals surface area contributed by atoms with Crippen LogP contribution in [-0.4, -0.2) is 32.2 Å². The topological polar surface area (TPSA) is 83.3 Å². The van der Waals surface area contributed by atoms with Crippen molar-refractivity contribution in [1.29, 1.82) is 0 Å². The Morgan fingerprint density at radius 2 is 1.80 bits per heavy atom. The van der Waals surface area contributed by atoms with E-state index in [0.29, 0.717) is 12.5 Å². The Hall–Kier alpha value is -3.97. The number of hydrogen-bond donors (Lipinski definition) is 2. The van der Waals surface area contributed by atoms with Gasteiger partial charge in [0.05, 0.1) is 6.61 Å². The van der Waals surface area contributed by atoms with E-state index in [-0.39, 0.29) is 18.2 Å². The highest BCUT2D eigenvalue weighted by Crippen LogP contribution is 2.30. The molecule has 0 radical (unpaired) electrons. The zero-order chi connectivity index (χ0) is 24.2. The van der Waals surface area contributed by atoms with E-state index in [1.165, 1.54) is 0 Å². The standard InChI is InChI=1S/C28H29N5O2/c1-20(15-21-7-5-8-22(16-21)19-34)30-28-29-12-11-25(31-28)32-13-6-14-33-26(32)17-24(18-27(33)35)23-9-3-2-4-10-23/h2-5,7-12,16-18,20,34H,6,13-15,19H2,1H3,(H,29,30,31). The van der Waals surface area contributed by atoms with Gasteiger partial charge in [0.15, 0.2) is 0 Å². The number of nitrogens with zero attached hydrogens (tertiary/aromatic N) is 4. The molecular weight excluding hydrogens is 438 g/mol. The van der Waals surface area contributed by atoms with Crippen molar-refractivity contribution in [3.63, 3.8) is 0 Å². The van der Waals surface area contributed by atoms with Crippen LogP contribution in [0.15, 0.2) is 83.8 Å². The third-order valence-corrected chi connectivity index (χ3v) is 6.26. The van der Waals surface area contributed by atoms with Crippen LogP contribution in [-0.2, 0) is 19.6 Å². The van der Waals surface area contributed by atoms with Gasteiger partial charge in [0, 0.05) is 31.4 Å². The number of aliphatic hydroxyl groups excluding tert-OH is 1. The summed E-state index contributed by atoms with van der Waals surface area (Å²) in [5.41, 5.74) is 3.96. The molecule has 1 aliphatic heterocycles. The van der Waals surface area contributed by atoms with Crippen molar-refractivity contribution in [3.05, 3.63) is 100 Å². The smallest absolute Gasteiger partial charge is 0.252 e. The molecule has 5 rings (SSSR count). The molecule has 1 unspecified atom stereocenters. The van der Waals surface area contributed by atoms with Crippen LogP contribution in [0.5, 0.6) is 0 Å². The molecule has 2 aromatic carbocycles. The molecule has 7 nitrogen and oxygen atoms in total. The maximum atomic E-state index is 12.9. The fraction of sp³-hybridized carbons (Fsp3) is 0.250. The van der Waals surface area contributed by atoms with E-state index < -0.39 is 0 Å². The van der Waals surface area contributed by atoms with Crippen LogP contribution in [0.2, 0.25) is 0 Å². The second-order valence-corrected chi connectivity index (χ2v) is 8.93. The van der Waals surface area contributed by atoms with Gasteiger partial charge in [-0.05, 0) is 54.2 Å². The lowest BCUT2D eigenvalue weighted by Gasteiger charge is -2.31. The summed E-state index contributed by atoms with van der Waals surface area (Å²) in [6.45, 7) is 3.59. The van der Waals surface area contributed by atoms with Gasteiger partial charge in [-0.2, -0.15) is 4.98 Å². The largest absolute Gasteiger partial charge is 0.392 e. The predicted octanol–water partition coefficient (Wildman–Crippen LogP) is 4.38. The van der Waals surface area contributed by atoms with Gasteiger partial charge in [-0.3, -0.25) is 9.36 Å². The van der Waals surface area contributed by atoms with Crippen LogP contribution in [0.4, 0.5) is 17.6 Å². The Morgan fingerprint density at radius 3 is 2.63 bits per heavy atom. The first kappa shape index (κ1) is 22.8. The molecular formula is C28H29N5O2. The zero-order valence-corrected chi connectivity index (χ0v) is 19.8. The van der Waals surface area contributed by atoms with E-state index in [9.17, 15) is 9.90 Å². The molecule has 0 amide bonds. The van der Waals surface area contributed by atoms with Gasteiger partial charge < -0.3 is 15.3 Å². The fourth-order valence-corrected chi connectivity index (χ4v) is 4.61. The molecule has 0 saturated heterocycles. The van der Waals surface area contributed by atoms with Gasteiger partial charge in [-0.1, -0.05) is 54.6 Å². The van der Waals surface area contributed by atoms with E-state index >= 15 is 0 Å². The highest BCUT2D eigenvalue weighted by Gasteiger charge is 2.22. The normalized spacial score (nSPS) is 13.8. The average molecular weight is 468 g/mol. The van der Waals surface area contributed by atoms with Gasteiger partial charge in [-0.15, -0.1) is 0 Å². The van der Waals surface area contributed by atoms with E-state index in [1.54, 1.807) is 12.3 Å². The maximum absolute atomic E-state index is 12.9. The second-order valence-electron chi connectivity index (χ2n) is 8.93. The van der Waals surface area contributed by atoms with E-state index in [0.717, 1.165) is 53.3 Å². The Balaban J connectivity index is 1.40. The van der Waals surface area contributed by atoms with Crippen molar-refractivity contribution in [1.82, 2.24) is 14.5 Å². The Labute approximate surface area is 204 Å². The SMILES string of the molecule is CC(Cc1cccc(CO)c1)Nc1nccc(N2CCCn3c2cc(-c2ccccc2)cc3=O)n1. The summed E-state index contributed by atoms with van der Waals surface area (Å²) in [4.78, 5) is 24.3. The van der Waals surface area contributed by atoms with Gasteiger partial charge in [0.2, 0.25) is 5.95 Å². The number of pyridine rings is 1. The molecule has 178 valence electrons. The van der Waals surface area contributed by atoms with Gasteiger partial charge in [0.25, 0.3) is 5.56 Å². The average Bonchev–Trinajstić information content (AvgIpc) is 2.89. The number of fused-ring (bicyclic) bond motifs is 1. The Morgan fingerprint density at radius 1 is 0.971 bits per heavy atom. The third kappa shape index (κ3) is 5.10. The molecule has 35 heavy (non-hydrogen) atoms. The number of nitrogens with one attached hydrogen (secondary N) is 1. The van der Waals surface area contributed by atoms with Crippen LogP contribution < -0.4 is 15.8 Å². The highest BCUT2D eigenvalue weighted by molar-refractivity contribution is 5.69. The minimum atomic E-state index is -0.00260. The summed E-state index contributed by atoms with van der Waals surface area (Å²) in [6.07, 6.45) is 3.40. The number of aromatic nitrogens is 3. The maximum Gasteiger partial charge on any atom is 0.252 e. The summed E-state index contributed by atoms with van der Waals surface area (Å²) in [7, 11) is 0. The molecule has 2 aromatic heterocycles. The zero-order valence-electron chi connectivity index (χ0n) is 19.8. The van der Waals surface area contributed by atoms with Crippen LogP contribution >= 0.6 is 0 Å². The molecule has 7 heteroatoms. The van der Waals surface area contributed by atoms with Crippen LogP contribution in [0.1, 0.15) is 24.5 Å². The Kier molecular flexibility index (Phi) is 6.59. The van der Waals surface area contributed by atoms with Gasteiger partial charge in [-0.25, -0.2) is 4.98 Å². The molecule has 4 aromatic rings. The molecule has 1 aliphatic rings. The van der Waals surface area contributed by atoms with Crippen molar-refractivity contribution in [2.24, 2.45) is 0 Å². The first-order valence-electron chi connectivity index (χ1n) is 12.0. The molecule has 0 aliphatic carbocycles. The van der Waals surface area contributed by atoms with Gasteiger partial charge in [0.1, 0.15) is 11.6 Å².